The van der Waals surface area contributed by atoms with E-state index in [1.54, 1.807) is 0 Å². The van der Waals surface area contributed by atoms with Gasteiger partial charge in [-0.1, -0.05) is 31.3 Å². The first kappa shape index (κ1) is 13.3. The zero-order valence-electron chi connectivity index (χ0n) is 10.8. The fourth-order valence-corrected chi connectivity index (χ4v) is 2.19. The topological polar surface area (TPSA) is 38.5 Å². The van der Waals surface area contributed by atoms with Gasteiger partial charge in [-0.15, -0.1) is 0 Å². The SMILES string of the molecule is CCN(CCOc1cccc(C(N)=S)c1)C1CC1. The number of nitrogens with zero attached hydrogens (tertiary/aromatic N) is 1. The van der Waals surface area contributed by atoms with E-state index >= 15 is 0 Å². The smallest absolute Gasteiger partial charge is 0.120 e. The van der Waals surface area contributed by atoms with Crippen LogP contribution >= 0.6 is 12.2 Å². The van der Waals surface area contributed by atoms with Gasteiger partial charge in [-0.05, 0) is 31.5 Å². The molecule has 1 aliphatic rings. The highest BCUT2D eigenvalue weighted by atomic mass is 32.1. The van der Waals surface area contributed by atoms with Crippen LogP contribution in [0.4, 0.5) is 0 Å². The van der Waals surface area contributed by atoms with Crippen LogP contribution in [0, 0.1) is 0 Å². The third-order valence-electron chi connectivity index (χ3n) is 3.24. The Morgan fingerprint density at radius 2 is 2.28 bits per heavy atom. The molecule has 3 nitrogen and oxygen atoms in total. The lowest BCUT2D eigenvalue weighted by Gasteiger charge is -2.19. The van der Waals surface area contributed by atoms with Gasteiger partial charge in [0.15, 0.2) is 0 Å². The van der Waals surface area contributed by atoms with Crippen LogP contribution in [-0.4, -0.2) is 35.6 Å². The molecule has 2 rings (SSSR count). The fourth-order valence-electron chi connectivity index (χ4n) is 2.06. The Labute approximate surface area is 114 Å². The van der Waals surface area contributed by atoms with E-state index in [1.807, 2.05) is 24.3 Å². The van der Waals surface area contributed by atoms with E-state index in [1.165, 1.54) is 12.8 Å². The van der Waals surface area contributed by atoms with Gasteiger partial charge < -0.3 is 10.5 Å². The highest BCUT2D eigenvalue weighted by Gasteiger charge is 2.27. The van der Waals surface area contributed by atoms with Crippen LogP contribution in [0.15, 0.2) is 24.3 Å². The summed E-state index contributed by atoms with van der Waals surface area (Å²) in [5, 5.41) is 0. The number of benzene rings is 1. The van der Waals surface area contributed by atoms with Crippen molar-refractivity contribution in [3.05, 3.63) is 29.8 Å². The lowest BCUT2D eigenvalue weighted by atomic mass is 10.2. The van der Waals surface area contributed by atoms with E-state index in [4.69, 9.17) is 22.7 Å². The van der Waals surface area contributed by atoms with Gasteiger partial charge in [0.25, 0.3) is 0 Å². The summed E-state index contributed by atoms with van der Waals surface area (Å²) in [4.78, 5) is 2.88. The first-order valence-electron chi connectivity index (χ1n) is 6.47. The molecule has 0 aliphatic heterocycles. The minimum atomic E-state index is 0.411. The molecule has 0 unspecified atom stereocenters. The summed E-state index contributed by atoms with van der Waals surface area (Å²) in [7, 11) is 0. The molecule has 1 fully saturated rings. The highest BCUT2D eigenvalue weighted by Crippen LogP contribution is 2.26. The lowest BCUT2D eigenvalue weighted by molar-refractivity contribution is 0.209. The molecular weight excluding hydrogens is 244 g/mol. The standard InChI is InChI=1S/C14H20N2OS/c1-2-16(12-6-7-12)8-9-17-13-5-3-4-11(10-13)14(15)18/h3-5,10,12H,2,6-9H2,1H3,(H2,15,18). The van der Waals surface area contributed by atoms with Crippen molar-refractivity contribution in [2.75, 3.05) is 19.7 Å². The van der Waals surface area contributed by atoms with Crippen molar-refractivity contribution in [1.82, 2.24) is 4.90 Å². The molecule has 1 saturated carbocycles. The van der Waals surface area contributed by atoms with Crippen LogP contribution in [0.5, 0.6) is 5.75 Å². The van der Waals surface area contributed by atoms with E-state index in [0.29, 0.717) is 11.6 Å². The Hall–Kier alpha value is -1.13. The van der Waals surface area contributed by atoms with Gasteiger partial charge in [-0.3, -0.25) is 4.90 Å². The van der Waals surface area contributed by atoms with Crippen LogP contribution in [0.2, 0.25) is 0 Å². The molecule has 0 amide bonds. The van der Waals surface area contributed by atoms with Gasteiger partial charge in [0.1, 0.15) is 17.3 Å². The van der Waals surface area contributed by atoms with Crippen molar-refractivity contribution < 1.29 is 4.74 Å². The van der Waals surface area contributed by atoms with E-state index in [-0.39, 0.29) is 0 Å². The van der Waals surface area contributed by atoms with Crippen molar-refractivity contribution >= 4 is 17.2 Å². The predicted octanol–water partition coefficient (Wildman–Crippen LogP) is 2.18. The molecule has 0 radical (unpaired) electrons. The third kappa shape index (κ3) is 3.68. The fraction of sp³-hybridized carbons (Fsp3) is 0.500. The predicted molar refractivity (Wildman–Crippen MR) is 78.1 cm³/mol. The van der Waals surface area contributed by atoms with Crippen LogP contribution in [-0.2, 0) is 0 Å². The normalized spacial score (nSPS) is 14.8. The van der Waals surface area contributed by atoms with Crippen molar-refractivity contribution in [2.45, 2.75) is 25.8 Å². The summed E-state index contributed by atoms with van der Waals surface area (Å²) < 4.78 is 5.75. The molecular formula is C14H20N2OS. The van der Waals surface area contributed by atoms with E-state index in [2.05, 4.69) is 11.8 Å². The van der Waals surface area contributed by atoms with Gasteiger partial charge >= 0.3 is 0 Å². The molecule has 2 N–H and O–H groups in total. The summed E-state index contributed by atoms with van der Waals surface area (Å²) in [6, 6.07) is 8.45. The van der Waals surface area contributed by atoms with Crippen molar-refractivity contribution in [3.8, 4) is 5.75 Å². The largest absolute Gasteiger partial charge is 0.492 e. The van der Waals surface area contributed by atoms with Gasteiger partial charge in [0.05, 0.1) is 0 Å². The molecule has 0 atom stereocenters. The third-order valence-corrected chi connectivity index (χ3v) is 3.47. The van der Waals surface area contributed by atoms with Crippen molar-refractivity contribution in [1.29, 1.82) is 0 Å². The average molecular weight is 264 g/mol. The van der Waals surface area contributed by atoms with Gasteiger partial charge in [0.2, 0.25) is 0 Å². The maximum Gasteiger partial charge on any atom is 0.120 e. The average Bonchev–Trinajstić information content (AvgIpc) is 3.19. The molecule has 0 bridgehead atoms. The Kier molecular flexibility index (Phi) is 4.55. The van der Waals surface area contributed by atoms with Crippen LogP contribution in [0.3, 0.4) is 0 Å². The second-order valence-corrected chi connectivity index (χ2v) is 5.04. The first-order valence-corrected chi connectivity index (χ1v) is 6.88. The number of hydrogen-bond donors (Lipinski definition) is 1. The van der Waals surface area contributed by atoms with Gasteiger partial charge in [-0.25, -0.2) is 0 Å². The quantitative estimate of drug-likeness (QED) is 0.766. The molecule has 0 aromatic heterocycles. The molecule has 18 heavy (non-hydrogen) atoms. The second-order valence-electron chi connectivity index (χ2n) is 4.60. The lowest BCUT2D eigenvalue weighted by Crippen LogP contribution is -2.30. The molecule has 0 saturated heterocycles. The maximum atomic E-state index is 5.75. The Bertz CT molecular complexity index is 418. The monoisotopic (exact) mass is 264 g/mol. The number of rotatable bonds is 7. The Balaban J connectivity index is 1.82. The van der Waals surface area contributed by atoms with Gasteiger partial charge in [-0.2, -0.15) is 0 Å². The zero-order valence-corrected chi connectivity index (χ0v) is 11.6. The summed E-state index contributed by atoms with van der Waals surface area (Å²) in [6.07, 6.45) is 2.68. The molecule has 1 aromatic rings. The summed E-state index contributed by atoms with van der Waals surface area (Å²) in [5.41, 5.74) is 6.46. The van der Waals surface area contributed by atoms with E-state index in [9.17, 15) is 0 Å². The Morgan fingerprint density at radius 1 is 1.50 bits per heavy atom. The molecule has 4 heteroatoms. The maximum absolute atomic E-state index is 5.75. The van der Waals surface area contributed by atoms with Crippen LogP contribution < -0.4 is 10.5 Å². The second kappa shape index (κ2) is 6.16. The minimum absolute atomic E-state index is 0.411. The zero-order chi connectivity index (χ0) is 13.0. The number of thiocarbonyl (C=S) groups is 1. The molecule has 1 aromatic carbocycles. The minimum Gasteiger partial charge on any atom is -0.492 e. The van der Waals surface area contributed by atoms with E-state index < -0.39 is 0 Å². The van der Waals surface area contributed by atoms with Crippen LogP contribution in [0.25, 0.3) is 0 Å². The summed E-state index contributed by atoms with van der Waals surface area (Å²) >= 11 is 4.95. The molecule has 0 heterocycles. The number of nitrogens with two attached hydrogens (primary N) is 1. The number of hydrogen-bond acceptors (Lipinski definition) is 3. The number of ether oxygens (including phenoxy) is 1. The number of likely N-dealkylation sites (N-methyl/N-ethyl adjacent to an activating group) is 1. The summed E-state index contributed by atoms with van der Waals surface area (Å²) in [5.74, 6) is 0.840. The highest BCUT2D eigenvalue weighted by molar-refractivity contribution is 7.80. The first-order chi connectivity index (χ1) is 8.70. The molecule has 0 spiro atoms. The molecule has 98 valence electrons. The van der Waals surface area contributed by atoms with Crippen molar-refractivity contribution in [3.63, 3.8) is 0 Å². The summed E-state index contributed by atoms with van der Waals surface area (Å²) in [6.45, 7) is 5.00. The molecule has 1 aliphatic carbocycles. The Morgan fingerprint density at radius 3 is 2.89 bits per heavy atom. The van der Waals surface area contributed by atoms with Gasteiger partial charge in [0, 0.05) is 18.2 Å². The van der Waals surface area contributed by atoms with Crippen LogP contribution in [0.1, 0.15) is 25.3 Å². The van der Waals surface area contributed by atoms with Crippen molar-refractivity contribution in [2.24, 2.45) is 5.73 Å². The van der Waals surface area contributed by atoms with E-state index in [0.717, 1.165) is 30.4 Å².